The molecule has 0 aliphatic carbocycles. The molecule has 2 aliphatic heterocycles. The predicted molar refractivity (Wildman–Crippen MR) is 177 cm³/mol. The molecule has 12 heteroatoms. The number of aromatic amines is 1. The van der Waals surface area contributed by atoms with Crippen LogP contribution in [0.5, 0.6) is 11.5 Å². The molecule has 0 radical (unpaired) electrons. The van der Waals surface area contributed by atoms with Gasteiger partial charge in [-0.25, -0.2) is 4.98 Å². The molecule has 5 heterocycles. The van der Waals surface area contributed by atoms with E-state index in [2.05, 4.69) is 26.7 Å². The second-order valence-corrected chi connectivity index (χ2v) is 12.7. The Morgan fingerprint density at radius 3 is 2.56 bits per heavy atom. The van der Waals surface area contributed by atoms with Crippen LogP contribution >= 0.6 is 0 Å². The number of fused-ring (bicyclic) bond motifs is 2. The first-order valence-electron chi connectivity index (χ1n) is 16.7. The van der Waals surface area contributed by atoms with E-state index in [9.17, 15) is 18.0 Å². The molecule has 1 aromatic carbocycles. The van der Waals surface area contributed by atoms with Gasteiger partial charge in [0.15, 0.2) is 0 Å². The summed E-state index contributed by atoms with van der Waals surface area (Å²) in [5.74, 6) is 0.957. The summed E-state index contributed by atoms with van der Waals surface area (Å²) < 4.78 is 54.2. The number of ether oxygens (including phenoxy) is 2. The monoisotopic (exact) mass is 664 g/mol. The number of piperazine rings is 1. The number of methoxy groups -OCH3 is 1. The van der Waals surface area contributed by atoms with Crippen molar-refractivity contribution in [3.63, 3.8) is 0 Å². The number of alkyl halides is 3. The fraction of sp³-hybridized carbons (Fsp3) is 0.472. The van der Waals surface area contributed by atoms with Gasteiger partial charge in [0.05, 0.1) is 35.9 Å². The summed E-state index contributed by atoms with van der Waals surface area (Å²) >= 11 is 0. The van der Waals surface area contributed by atoms with Gasteiger partial charge in [0, 0.05) is 77.2 Å². The van der Waals surface area contributed by atoms with Crippen molar-refractivity contribution < 1.29 is 27.4 Å². The summed E-state index contributed by atoms with van der Waals surface area (Å²) in [5, 5.41) is 0.841. The van der Waals surface area contributed by atoms with Crippen molar-refractivity contribution in [3.05, 3.63) is 82.4 Å². The molecule has 1 N–H and O–H groups in total. The summed E-state index contributed by atoms with van der Waals surface area (Å²) in [7, 11) is 1.66. The van der Waals surface area contributed by atoms with Crippen molar-refractivity contribution in [2.75, 3.05) is 53.0 Å². The van der Waals surface area contributed by atoms with Crippen molar-refractivity contribution in [1.82, 2.24) is 29.7 Å². The minimum absolute atomic E-state index is 0.00804. The number of hydrogen-bond acceptors (Lipinski definition) is 7. The molecule has 0 spiro atoms. The highest BCUT2D eigenvalue weighted by Gasteiger charge is 2.35. The van der Waals surface area contributed by atoms with E-state index in [0.29, 0.717) is 48.8 Å². The minimum atomic E-state index is -4.51. The largest absolute Gasteiger partial charge is 0.455 e. The molecule has 9 nitrogen and oxygen atoms in total. The lowest BCUT2D eigenvalue weighted by Crippen LogP contribution is -2.45. The van der Waals surface area contributed by atoms with Crippen molar-refractivity contribution in [1.29, 1.82) is 0 Å². The molecule has 1 atom stereocenters. The Labute approximate surface area is 279 Å². The summed E-state index contributed by atoms with van der Waals surface area (Å²) in [6.07, 6.45) is 0.244. The van der Waals surface area contributed by atoms with Gasteiger partial charge >= 0.3 is 6.18 Å². The van der Waals surface area contributed by atoms with Gasteiger partial charge in [0.25, 0.3) is 0 Å². The van der Waals surface area contributed by atoms with Crippen LogP contribution in [0.3, 0.4) is 0 Å². The van der Waals surface area contributed by atoms with Crippen LogP contribution in [-0.2, 0) is 41.6 Å². The Balaban J connectivity index is 1.17. The number of halogens is 3. The summed E-state index contributed by atoms with van der Waals surface area (Å²) in [6.45, 7) is 9.83. The summed E-state index contributed by atoms with van der Waals surface area (Å²) in [4.78, 5) is 32.2. The number of likely N-dealkylation sites (N-methyl/N-ethyl adjacent to an activating group) is 1. The van der Waals surface area contributed by atoms with Gasteiger partial charge in [0.1, 0.15) is 17.1 Å². The average molecular weight is 665 g/mol. The maximum Gasteiger partial charge on any atom is 0.416 e. The molecule has 1 saturated heterocycles. The highest BCUT2D eigenvalue weighted by Crippen LogP contribution is 2.36. The second kappa shape index (κ2) is 14.6. The van der Waals surface area contributed by atoms with E-state index in [4.69, 9.17) is 14.5 Å². The molecule has 0 unspecified atom stereocenters. The number of carbonyl (C=O) groups is 1. The number of nitrogens with one attached hydrogen (secondary N) is 1. The van der Waals surface area contributed by atoms with E-state index in [1.54, 1.807) is 42.6 Å². The number of nitrogens with zero attached hydrogens (tertiary/aromatic N) is 5. The van der Waals surface area contributed by atoms with Gasteiger partial charge in [-0.05, 0) is 53.9 Å². The van der Waals surface area contributed by atoms with E-state index < -0.39 is 11.7 Å². The molecule has 4 aromatic rings. The molecular formula is C36H43F3N6O3. The number of hydrogen-bond donors (Lipinski definition) is 1. The Kier molecular flexibility index (Phi) is 10.3. The predicted octanol–water partition coefficient (Wildman–Crippen LogP) is 6.17. The maximum atomic E-state index is 14.2. The molecule has 3 aromatic heterocycles. The number of aromatic nitrogens is 3. The fourth-order valence-corrected chi connectivity index (χ4v) is 6.73. The standard InChI is InChI=1S/C36H43F3N6O3/c1-4-25-22-45(33(46)17-24-6-7-26(31(16-24)36(37,38)39)21-44-13-11-43(5-2)12-14-44)23-27-18-29(20-41-34(25)27)48-32-8-10-40-35-30(32)19-28(42-35)9-15-47-3/h6-8,10,16,18-20,25H,4-5,9,11-15,17,21-23H2,1-3H3,(H,40,42)/t25-/m0/s1. The fourth-order valence-electron chi connectivity index (χ4n) is 6.73. The van der Waals surface area contributed by atoms with Crippen molar-refractivity contribution in [3.8, 4) is 11.5 Å². The highest BCUT2D eigenvalue weighted by molar-refractivity contribution is 5.83. The van der Waals surface area contributed by atoms with E-state index in [-0.39, 0.29) is 30.4 Å². The first-order chi connectivity index (χ1) is 23.1. The number of amides is 1. The first kappa shape index (κ1) is 33.9. The van der Waals surface area contributed by atoms with Crippen molar-refractivity contribution in [2.24, 2.45) is 0 Å². The smallest absolute Gasteiger partial charge is 0.416 e. The van der Waals surface area contributed by atoms with Crippen LogP contribution in [0.1, 0.15) is 59.8 Å². The third kappa shape index (κ3) is 7.66. The maximum absolute atomic E-state index is 14.2. The highest BCUT2D eigenvalue weighted by atomic mass is 19.4. The normalized spacial score (nSPS) is 17.5. The average Bonchev–Trinajstić information content (AvgIpc) is 3.51. The van der Waals surface area contributed by atoms with Crippen molar-refractivity contribution in [2.45, 2.75) is 58.3 Å². The van der Waals surface area contributed by atoms with E-state index in [1.165, 1.54) is 0 Å². The minimum Gasteiger partial charge on any atom is -0.455 e. The molecule has 1 amide bonds. The Bertz CT molecular complexity index is 1730. The van der Waals surface area contributed by atoms with Crippen LogP contribution in [0.25, 0.3) is 11.0 Å². The zero-order valence-electron chi connectivity index (χ0n) is 27.8. The van der Waals surface area contributed by atoms with Gasteiger partial charge in [-0.2, -0.15) is 13.2 Å². The second-order valence-electron chi connectivity index (χ2n) is 12.7. The van der Waals surface area contributed by atoms with Gasteiger partial charge in [-0.15, -0.1) is 0 Å². The van der Waals surface area contributed by atoms with E-state index in [1.807, 2.05) is 19.1 Å². The number of carbonyl (C=O) groups excluding carboxylic acids is 1. The van der Waals surface area contributed by atoms with E-state index >= 15 is 0 Å². The third-order valence-electron chi connectivity index (χ3n) is 9.50. The number of H-pyrrole nitrogens is 1. The van der Waals surface area contributed by atoms with Gasteiger partial charge in [-0.3, -0.25) is 14.7 Å². The molecule has 48 heavy (non-hydrogen) atoms. The lowest BCUT2D eigenvalue weighted by atomic mass is 9.92. The molecule has 0 bridgehead atoms. The SMILES string of the molecule is CC[C@H]1CN(C(=O)Cc2ccc(CN3CCN(CC)CC3)c(C(F)(F)F)c2)Cc2cc(Oc3ccnc4[nH]c(CCOC)cc34)cnc21. The lowest BCUT2D eigenvalue weighted by molar-refractivity contribution is -0.139. The van der Waals surface area contributed by atoms with Crippen LogP contribution in [0, 0.1) is 0 Å². The van der Waals surface area contributed by atoms with Crippen LogP contribution < -0.4 is 4.74 Å². The third-order valence-corrected chi connectivity index (χ3v) is 9.50. The molecule has 6 rings (SSSR count). The zero-order chi connectivity index (χ0) is 33.8. The van der Waals surface area contributed by atoms with Crippen LogP contribution in [0.2, 0.25) is 0 Å². The zero-order valence-corrected chi connectivity index (χ0v) is 27.8. The Morgan fingerprint density at radius 2 is 1.83 bits per heavy atom. The summed E-state index contributed by atoms with van der Waals surface area (Å²) in [6, 6.07) is 10.1. The molecule has 2 aliphatic rings. The lowest BCUT2D eigenvalue weighted by Gasteiger charge is -2.34. The van der Waals surface area contributed by atoms with Gasteiger partial charge in [-0.1, -0.05) is 26.0 Å². The van der Waals surface area contributed by atoms with Crippen LogP contribution in [0.4, 0.5) is 13.2 Å². The molecule has 1 fully saturated rings. The molecular weight excluding hydrogens is 621 g/mol. The molecule has 256 valence electrons. The number of pyridine rings is 2. The Hall–Kier alpha value is -4.00. The number of rotatable bonds is 11. The van der Waals surface area contributed by atoms with Gasteiger partial charge in [0.2, 0.25) is 5.91 Å². The molecule has 0 saturated carbocycles. The quantitative estimate of drug-likeness (QED) is 0.205. The summed E-state index contributed by atoms with van der Waals surface area (Å²) in [5.41, 5.74) is 3.43. The number of benzene rings is 1. The van der Waals surface area contributed by atoms with E-state index in [0.717, 1.165) is 67.5 Å². The first-order valence-corrected chi connectivity index (χ1v) is 16.7. The topological polar surface area (TPSA) is 86.8 Å². The van der Waals surface area contributed by atoms with Crippen LogP contribution in [-0.4, -0.2) is 88.5 Å². The van der Waals surface area contributed by atoms with Gasteiger partial charge < -0.3 is 24.3 Å². The Morgan fingerprint density at radius 1 is 1.04 bits per heavy atom. The van der Waals surface area contributed by atoms with Crippen LogP contribution in [0.15, 0.2) is 48.8 Å². The van der Waals surface area contributed by atoms with Crippen molar-refractivity contribution >= 4 is 16.9 Å².